The van der Waals surface area contributed by atoms with Gasteiger partial charge in [0.1, 0.15) is 6.54 Å². The van der Waals surface area contributed by atoms with Gasteiger partial charge in [0.15, 0.2) is 0 Å². The van der Waals surface area contributed by atoms with E-state index in [0.29, 0.717) is 40.1 Å². The molecule has 2 amide bonds. The third-order valence-corrected chi connectivity index (χ3v) is 7.48. The Labute approximate surface area is 230 Å². The molecule has 1 saturated heterocycles. The van der Waals surface area contributed by atoms with Crippen LogP contribution in [-0.2, 0) is 16.1 Å². The Bertz CT molecular complexity index is 1380. The maximum Gasteiger partial charge on any atom is 0.335 e. The SMILES string of the molecule is O=C(O)c1ccc2c(c1)N(C(=O)CN1CCN(c3ccccc3)CC1)CC(=O)N2Cc1ccc(Cl)cc1Cl. The van der Waals surface area contributed by atoms with E-state index < -0.39 is 5.97 Å². The van der Waals surface area contributed by atoms with Crippen molar-refractivity contribution in [3.8, 4) is 0 Å². The highest BCUT2D eigenvalue weighted by atomic mass is 35.5. The van der Waals surface area contributed by atoms with Crippen molar-refractivity contribution in [3.05, 3.63) is 87.9 Å². The molecule has 0 saturated carbocycles. The summed E-state index contributed by atoms with van der Waals surface area (Å²) in [5.74, 6) is -1.64. The largest absolute Gasteiger partial charge is 0.478 e. The molecule has 1 N–H and O–H groups in total. The first-order valence-corrected chi connectivity index (χ1v) is 13.0. The van der Waals surface area contributed by atoms with Crippen molar-refractivity contribution in [2.75, 3.05) is 54.0 Å². The zero-order valence-corrected chi connectivity index (χ0v) is 22.0. The fraction of sp³-hybridized carbons (Fsp3) is 0.250. The van der Waals surface area contributed by atoms with E-state index in [0.717, 1.165) is 18.8 Å². The minimum atomic E-state index is -1.11. The van der Waals surface area contributed by atoms with E-state index in [2.05, 4.69) is 21.9 Å². The second-order valence-electron chi connectivity index (χ2n) is 9.30. The Kier molecular flexibility index (Phi) is 7.56. The highest BCUT2D eigenvalue weighted by Gasteiger charge is 2.34. The number of carboxylic acids is 1. The third-order valence-electron chi connectivity index (χ3n) is 6.90. The molecule has 3 aromatic carbocycles. The molecule has 5 rings (SSSR count). The summed E-state index contributed by atoms with van der Waals surface area (Å²) in [5, 5.41) is 10.5. The van der Waals surface area contributed by atoms with Crippen LogP contribution < -0.4 is 14.7 Å². The van der Waals surface area contributed by atoms with Gasteiger partial charge in [-0.2, -0.15) is 0 Å². The van der Waals surface area contributed by atoms with Gasteiger partial charge in [0.25, 0.3) is 0 Å². The summed E-state index contributed by atoms with van der Waals surface area (Å²) in [6.07, 6.45) is 0. The highest BCUT2D eigenvalue weighted by Crippen LogP contribution is 2.37. The van der Waals surface area contributed by atoms with Crippen molar-refractivity contribution < 1.29 is 19.5 Å². The maximum atomic E-state index is 13.5. The first-order valence-electron chi connectivity index (χ1n) is 12.2. The number of amides is 2. The normalized spacial score (nSPS) is 15.9. The molecule has 2 aliphatic rings. The summed E-state index contributed by atoms with van der Waals surface area (Å²) < 4.78 is 0. The molecule has 8 nitrogen and oxygen atoms in total. The summed E-state index contributed by atoms with van der Waals surface area (Å²) in [4.78, 5) is 45.7. The Morgan fingerprint density at radius 2 is 1.61 bits per heavy atom. The molecular formula is C28H26Cl2N4O4. The molecular weight excluding hydrogens is 527 g/mol. The molecule has 0 aliphatic carbocycles. The Balaban J connectivity index is 1.35. The van der Waals surface area contributed by atoms with Crippen LogP contribution in [0.4, 0.5) is 17.1 Å². The predicted molar refractivity (Wildman–Crippen MR) is 149 cm³/mol. The summed E-state index contributed by atoms with van der Waals surface area (Å²) in [6, 6.07) is 19.6. The molecule has 196 valence electrons. The van der Waals surface area contributed by atoms with E-state index in [4.69, 9.17) is 23.2 Å². The van der Waals surface area contributed by atoms with Gasteiger partial charge in [-0.05, 0) is 48.0 Å². The third kappa shape index (κ3) is 5.48. The second kappa shape index (κ2) is 11.0. The number of carbonyl (C=O) groups is 3. The topological polar surface area (TPSA) is 84.4 Å². The summed E-state index contributed by atoms with van der Waals surface area (Å²) in [7, 11) is 0. The molecule has 0 atom stereocenters. The number of nitrogens with zero attached hydrogens (tertiary/aromatic N) is 4. The number of fused-ring (bicyclic) bond motifs is 1. The molecule has 0 spiro atoms. The van der Waals surface area contributed by atoms with Crippen molar-refractivity contribution >= 4 is 58.0 Å². The number of aromatic carboxylic acids is 1. The van der Waals surface area contributed by atoms with Crippen molar-refractivity contribution in [3.63, 3.8) is 0 Å². The van der Waals surface area contributed by atoms with Crippen molar-refractivity contribution in [2.45, 2.75) is 6.54 Å². The molecule has 2 heterocycles. The molecule has 0 aromatic heterocycles. The van der Waals surface area contributed by atoms with Gasteiger partial charge in [-0.1, -0.05) is 47.5 Å². The average Bonchev–Trinajstić information content (AvgIpc) is 2.91. The number of rotatable bonds is 6. The van der Waals surface area contributed by atoms with Gasteiger partial charge in [0, 0.05) is 41.9 Å². The smallest absolute Gasteiger partial charge is 0.335 e. The zero-order valence-electron chi connectivity index (χ0n) is 20.5. The van der Waals surface area contributed by atoms with Crippen molar-refractivity contribution in [1.82, 2.24) is 4.90 Å². The van der Waals surface area contributed by atoms with Gasteiger partial charge >= 0.3 is 5.97 Å². The van der Waals surface area contributed by atoms with Crippen LogP contribution in [0.3, 0.4) is 0 Å². The Hall–Kier alpha value is -3.59. The van der Waals surface area contributed by atoms with Gasteiger partial charge in [-0.15, -0.1) is 0 Å². The van der Waals surface area contributed by atoms with Gasteiger partial charge < -0.3 is 14.9 Å². The van der Waals surface area contributed by atoms with Gasteiger partial charge in [0.05, 0.1) is 30.0 Å². The van der Waals surface area contributed by atoms with Crippen LogP contribution in [0.5, 0.6) is 0 Å². The number of para-hydroxylation sites is 1. The monoisotopic (exact) mass is 552 g/mol. The minimum absolute atomic E-state index is 0.0387. The highest BCUT2D eigenvalue weighted by molar-refractivity contribution is 6.35. The number of piperazine rings is 1. The van der Waals surface area contributed by atoms with Gasteiger partial charge in [-0.25, -0.2) is 4.79 Å². The van der Waals surface area contributed by atoms with E-state index >= 15 is 0 Å². The standard InChI is InChI=1S/C28H26Cl2N4O4/c29-21-8-6-20(23(30)15-21)16-33-24-9-7-19(28(37)38)14-25(24)34(18-27(33)36)26(35)17-31-10-12-32(13-11-31)22-4-2-1-3-5-22/h1-9,14-15H,10-13,16-18H2,(H,37,38). The number of hydrogen-bond acceptors (Lipinski definition) is 5. The maximum absolute atomic E-state index is 13.5. The molecule has 0 radical (unpaired) electrons. The fourth-order valence-corrected chi connectivity index (χ4v) is 5.31. The van der Waals surface area contributed by atoms with E-state index in [1.165, 1.54) is 21.9 Å². The Morgan fingerprint density at radius 1 is 0.868 bits per heavy atom. The number of benzene rings is 3. The average molecular weight is 553 g/mol. The van der Waals surface area contributed by atoms with Crippen LogP contribution >= 0.6 is 23.2 Å². The first kappa shape index (κ1) is 26.0. The zero-order chi connectivity index (χ0) is 26.8. The summed E-state index contributed by atoms with van der Waals surface area (Å²) in [6.45, 7) is 3.08. The molecule has 0 bridgehead atoms. The van der Waals surface area contributed by atoms with Crippen LogP contribution in [0, 0.1) is 0 Å². The lowest BCUT2D eigenvalue weighted by Crippen LogP contribution is -2.53. The molecule has 2 aliphatic heterocycles. The fourth-order valence-electron chi connectivity index (χ4n) is 4.84. The lowest BCUT2D eigenvalue weighted by atomic mass is 10.1. The lowest BCUT2D eigenvalue weighted by Gasteiger charge is -2.39. The van der Waals surface area contributed by atoms with E-state index in [-0.39, 0.29) is 37.0 Å². The molecule has 1 fully saturated rings. The number of carboxylic acid groups (broad SMARTS) is 1. The van der Waals surface area contributed by atoms with Crippen LogP contribution in [0.2, 0.25) is 10.0 Å². The Morgan fingerprint density at radius 3 is 2.29 bits per heavy atom. The first-order chi connectivity index (χ1) is 18.3. The van der Waals surface area contributed by atoms with Gasteiger partial charge in [-0.3, -0.25) is 19.4 Å². The molecule has 3 aromatic rings. The lowest BCUT2D eigenvalue weighted by molar-refractivity contribution is -0.123. The van der Waals surface area contributed by atoms with E-state index in [9.17, 15) is 19.5 Å². The van der Waals surface area contributed by atoms with Gasteiger partial charge in [0.2, 0.25) is 11.8 Å². The predicted octanol–water partition coefficient (Wildman–Crippen LogP) is 4.39. The number of hydrogen-bond donors (Lipinski definition) is 1. The second-order valence-corrected chi connectivity index (χ2v) is 10.1. The van der Waals surface area contributed by atoms with Crippen LogP contribution in [0.15, 0.2) is 66.7 Å². The minimum Gasteiger partial charge on any atom is -0.478 e. The molecule has 10 heteroatoms. The number of halogens is 2. The number of anilines is 3. The van der Waals surface area contributed by atoms with Crippen molar-refractivity contribution in [2.24, 2.45) is 0 Å². The van der Waals surface area contributed by atoms with Crippen LogP contribution in [-0.4, -0.2) is 67.1 Å². The quantitative estimate of drug-likeness (QED) is 0.488. The van der Waals surface area contributed by atoms with E-state index in [1.54, 1.807) is 24.3 Å². The molecule has 0 unspecified atom stereocenters. The summed E-state index contributed by atoms with van der Waals surface area (Å²) >= 11 is 12.4. The molecule has 38 heavy (non-hydrogen) atoms. The van der Waals surface area contributed by atoms with E-state index in [1.807, 2.05) is 18.2 Å². The van der Waals surface area contributed by atoms with Crippen molar-refractivity contribution in [1.29, 1.82) is 0 Å². The number of carbonyl (C=O) groups excluding carboxylic acids is 2. The summed E-state index contributed by atoms with van der Waals surface area (Å²) in [5.41, 5.74) is 2.73. The van der Waals surface area contributed by atoms with Crippen LogP contribution in [0.25, 0.3) is 0 Å². The van der Waals surface area contributed by atoms with Crippen LogP contribution in [0.1, 0.15) is 15.9 Å².